The zero-order valence-corrected chi connectivity index (χ0v) is 14.7. The molecule has 2 fully saturated rings. The van der Waals surface area contributed by atoms with E-state index in [2.05, 4.69) is 0 Å². The molecule has 0 saturated carbocycles. The highest BCUT2D eigenvalue weighted by Gasteiger charge is 2.53. The molecule has 3 rings (SSSR count). The van der Waals surface area contributed by atoms with Gasteiger partial charge in [0.05, 0.1) is 0 Å². The number of phenols is 1. The van der Waals surface area contributed by atoms with Crippen molar-refractivity contribution in [2.75, 3.05) is 13.1 Å². The Hall–Kier alpha value is -2.04. The molecule has 1 unspecified atom stereocenters. The highest BCUT2D eigenvalue weighted by molar-refractivity contribution is 6.00. The van der Waals surface area contributed by atoms with E-state index in [4.69, 9.17) is 0 Å². The summed E-state index contributed by atoms with van der Waals surface area (Å²) < 4.78 is 0. The van der Waals surface area contributed by atoms with Crippen molar-refractivity contribution in [3.8, 4) is 5.75 Å². The molecule has 1 spiro atoms. The molecule has 0 aromatic heterocycles. The number of rotatable bonds is 2. The van der Waals surface area contributed by atoms with Crippen LogP contribution >= 0.6 is 0 Å². The number of piperidine rings is 1. The highest BCUT2D eigenvalue weighted by Crippen LogP contribution is 2.40. The minimum Gasteiger partial charge on any atom is -0.508 e. The van der Waals surface area contributed by atoms with Crippen molar-refractivity contribution in [1.29, 1.82) is 0 Å². The molecule has 5 heteroatoms. The van der Waals surface area contributed by atoms with Gasteiger partial charge < -0.3 is 14.9 Å². The van der Waals surface area contributed by atoms with Crippen LogP contribution in [0, 0.1) is 6.92 Å². The summed E-state index contributed by atoms with van der Waals surface area (Å²) >= 11 is 0. The first kappa shape index (κ1) is 16.8. The number of phenolic OH excluding ortho intramolecular Hbond substituents is 1. The van der Waals surface area contributed by atoms with Crippen LogP contribution in [-0.4, -0.2) is 51.4 Å². The molecular weight excluding hydrogens is 304 g/mol. The summed E-state index contributed by atoms with van der Waals surface area (Å²) in [5, 5.41) is 9.91. The van der Waals surface area contributed by atoms with Gasteiger partial charge in [0, 0.05) is 24.7 Å². The van der Waals surface area contributed by atoms with Crippen LogP contribution in [0.3, 0.4) is 0 Å². The molecule has 1 atom stereocenters. The lowest BCUT2D eigenvalue weighted by Gasteiger charge is -2.46. The van der Waals surface area contributed by atoms with Crippen LogP contribution in [0.15, 0.2) is 18.2 Å². The second-order valence-electron chi connectivity index (χ2n) is 7.29. The van der Waals surface area contributed by atoms with Crippen LogP contribution in [-0.2, 0) is 4.79 Å². The van der Waals surface area contributed by atoms with Gasteiger partial charge in [-0.05, 0) is 64.2 Å². The third-order valence-electron chi connectivity index (χ3n) is 5.46. The van der Waals surface area contributed by atoms with E-state index < -0.39 is 5.54 Å². The Labute approximate surface area is 143 Å². The van der Waals surface area contributed by atoms with E-state index in [0.29, 0.717) is 12.1 Å². The first-order valence-electron chi connectivity index (χ1n) is 8.79. The Morgan fingerprint density at radius 2 is 1.88 bits per heavy atom. The molecule has 1 N–H and O–H groups in total. The van der Waals surface area contributed by atoms with E-state index in [1.807, 2.05) is 18.7 Å². The monoisotopic (exact) mass is 330 g/mol. The summed E-state index contributed by atoms with van der Waals surface area (Å²) in [6.45, 7) is 7.22. The lowest BCUT2D eigenvalue weighted by molar-refractivity contribution is -0.147. The number of hydrogen-bond donors (Lipinski definition) is 1. The van der Waals surface area contributed by atoms with Gasteiger partial charge in [-0.1, -0.05) is 6.07 Å². The number of aryl methyl sites for hydroxylation is 1. The Bertz CT molecular complexity index is 671. The second kappa shape index (κ2) is 6.11. The molecule has 2 heterocycles. The van der Waals surface area contributed by atoms with E-state index in [9.17, 15) is 14.7 Å². The van der Waals surface area contributed by atoms with Gasteiger partial charge in [0.2, 0.25) is 5.91 Å². The van der Waals surface area contributed by atoms with Gasteiger partial charge in [-0.3, -0.25) is 9.59 Å². The summed E-state index contributed by atoms with van der Waals surface area (Å²) in [6, 6.07) is 5.14. The minimum absolute atomic E-state index is 0.0888. The molecule has 2 aliphatic heterocycles. The Morgan fingerprint density at radius 1 is 1.21 bits per heavy atom. The van der Waals surface area contributed by atoms with E-state index in [0.717, 1.165) is 37.8 Å². The third kappa shape index (κ3) is 2.56. The average molecular weight is 330 g/mol. The molecule has 0 radical (unpaired) electrons. The molecule has 130 valence electrons. The molecule has 5 nitrogen and oxygen atoms in total. The summed E-state index contributed by atoms with van der Waals surface area (Å²) in [5.41, 5.74) is 0.497. The zero-order chi connectivity index (χ0) is 17.5. The minimum atomic E-state index is -0.694. The van der Waals surface area contributed by atoms with Gasteiger partial charge in [0.15, 0.2) is 0 Å². The Morgan fingerprint density at radius 3 is 2.50 bits per heavy atom. The summed E-state index contributed by atoms with van der Waals surface area (Å²) in [6.07, 6.45) is 3.24. The average Bonchev–Trinajstić information content (AvgIpc) is 2.96. The van der Waals surface area contributed by atoms with Crippen LogP contribution in [0.25, 0.3) is 0 Å². The van der Waals surface area contributed by atoms with Crippen LogP contribution in [0.2, 0.25) is 0 Å². The zero-order valence-electron chi connectivity index (χ0n) is 14.7. The number of hydrogen-bond acceptors (Lipinski definition) is 3. The number of carbonyl (C=O) groups is 2. The van der Waals surface area contributed by atoms with Crippen LogP contribution < -0.4 is 0 Å². The summed E-state index contributed by atoms with van der Waals surface area (Å²) in [7, 11) is 0. The fourth-order valence-electron chi connectivity index (χ4n) is 4.07. The molecule has 0 bridgehead atoms. The largest absolute Gasteiger partial charge is 0.508 e. The van der Waals surface area contributed by atoms with Crippen molar-refractivity contribution in [3.63, 3.8) is 0 Å². The number of aromatic hydroxyl groups is 1. The van der Waals surface area contributed by atoms with Crippen molar-refractivity contribution in [2.24, 2.45) is 0 Å². The van der Waals surface area contributed by atoms with Crippen molar-refractivity contribution < 1.29 is 14.7 Å². The van der Waals surface area contributed by atoms with E-state index in [1.54, 1.807) is 24.0 Å². The number of likely N-dealkylation sites (tertiary alicyclic amines) is 2. The predicted molar refractivity (Wildman–Crippen MR) is 91.9 cm³/mol. The lowest BCUT2D eigenvalue weighted by atomic mass is 9.84. The first-order chi connectivity index (χ1) is 11.4. The van der Waals surface area contributed by atoms with E-state index in [-0.39, 0.29) is 23.6 Å². The maximum absolute atomic E-state index is 13.1. The lowest BCUT2D eigenvalue weighted by Crippen LogP contribution is -2.62. The number of benzene rings is 1. The molecular formula is C19H26N2O3. The normalized spacial score (nSPS) is 24.2. The molecule has 2 saturated heterocycles. The molecule has 24 heavy (non-hydrogen) atoms. The number of amides is 2. The van der Waals surface area contributed by atoms with Crippen LogP contribution in [0.5, 0.6) is 5.75 Å². The molecule has 2 amide bonds. The topological polar surface area (TPSA) is 60.9 Å². The molecule has 1 aromatic carbocycles. The summed E-state index contributed by atoms with van der Waals surface area (Å²) in [4.78, 5) is 29.9. The Balaban J connectivity index is 1.93. The third-order valence-corrected chi connectivity index (χ3v) is 5.46. The highest BCUT2D eigenvalue weighted by atomic mass is 16.3. The summed E-state index contributed by atoms with van der Waals surface area (Å²) in [5.74, 6) is 0.0561. The predicted octanol–water partition coefficient (Wildman–Crippen LogP) is 2.71. The van der Waals surface area contributed by atoms with Gasteiger partial charge in [0.1, 0.15) is 11.3 Å². The maximum Gasteiger partial charge on any atom is 0.254 e. The fraction of sp³-hybridized carbons (Fsp3) is 0.579. The molecule has 0 aliphatic carbocycles. The van der Waals surface area contributed by atoms with Crippen molar-refractivity contribution in [1.82, 2.24) is 9.80 Å². The van der Waals surface area contributed by atoms with Gasteiger partial charge in [-0.15, -0.1) is 0 Å². The molecule has 1 aromatic rings. The number of carbonyl (C=O) groups excluding carboxylic acids is 2. The fourth-order valence-corrected chi connectivity index (χ4v) is 4.07. The van der Waals surface area contributed by atoms with Gasteiger partial charge in [0.25, 0.3) is 5.91 Å². The van der Waals surface area contributed by atoms with Crippen LogP contribution in [0.1, 0.15) is 55.5 Å². The van der Waals surface area contributed by atoms with Gasteiger partial charge >= 0.3 is 0 Å². The Kier molecular flexibility index (Phi) is 4.28. The quantitative estimate of drug-likeness (QED) is 0.907. The van der Waals surface area contributed by atoms with Crippen molar-refractivity contribution in [2.45, 2.75) is 58.0 Å². The van der Waals surface area contributed by atoms with Gasteiger partial charge in [-0.25, -0.2) is 0 Å². The standard InChI is InChI=1S/C19H26N2O3/c1-13(2)20-10-4-8-19(18(20)24)9-5-11-21(19)17(23)15-7-6-14(3)16(22)12-15/h6-7,12-13,22H,4-5,8-11H2,1-3H3. The smallest absolute Gasteiger partial charge is 0.254 e. The second-order valence-corrected chi connectivity index (χ2v) is 7.29. The SMILES string of the molecule is Cc1ccc(C(=O)N2CCCC23CCCN(C(C)C)C3=O)cc1O. The maximum atomic E-state index is 13.1. The van der Waals surface area contributed by atoms with Crippen molar-refractivity contribution >= 4 is 11.8 Å². The van der Waals surface area contributed by atoms with E-state index >= 15 is 0 Å². The van der Waals surface area contributed by atoms with E-state index in [1.165, 1.54) is 6.07 Å². The first-order valence-corrected chi connectivity index (χ1v) is 8.79. The van der Waals surface area contributed by atoms with Crippen LogP contribution in [0.4, 0.5) is 0 Å². The van der Waals surface area contributed by atoms with Crippen molar-refractivity contribution in [3.05, 3.63) is 29.3 Å². The molecule has 2 aliphatic rings. The number of nitrogens with zero attached hydrogens (tertiary/aromatic N) is 2. The van der Waals surface area contributed by atoms with Gasteiger partial charge in [-0.2, -0.15) is 0 Å².